The average Bonchev–Trinajstić information content (AvgIpc) is 2.49. The topological polar surface area (TPSA) is 49.6 Å². The molecule has 21 heavy (non-hydrogen) atoms. The van der Waals surface area contributed by atoms with Crippen molar-refractivity contribution in [2.75, 3.05) is 36.8 Å². The van der Waals surface area contributed by atoms with Crippen molar-refractivity contribution in [2.24, 2.45) is 0 Å². The van der Waals surface area contributed by atoms with Crippen molar-refractivity contribution >= 4 is 17.3 Å². The number of benzene rings is 1. The molecule has 0 aliphatic carbocycles. The number of anilines is 2. The molecule has 0 aliphatic rings. The molecule has 0 aromatic heterocycles. The molecule has 0 saturated carbocycles. The molecule has 0 radical (unpaired) electrons. The van der Waals surface area contributed by atoms with E-state index in [4.69, 9.17) is 5.73 Å². The summed E-state index contributed by atoms with van der Waals surface area (Å²) in [5.41, 5.74) is 9.16. The Kier molecular flexibility index (Phi) is 7.06. The van der Waals surface area contributed by atoms with E-state index in [2.05, 4.69) is 30.9 Å². The number of aryl methyl sites for hydroxylation is 1. The van der Waals surface area contributed by atoms with Crippen molar-refractivity contribution in [2.45, 2.75) is 40.5 Å². The van der Waals surface area contributed by atoms with Crippen LogP contribution in [0.1, 0.15) is 39.7 Å². The molecule has 118 valence electrons. The first-order valence-electron chi connectivity index (χ1n) is 7.98. The standard InChI is InChI=1S/C17H29N3O/c1-5-19(6-2)16-11-9-14(13-15(16)18)10-12-17(21)20(7-3)8-4/h9,11,13H,5-8,10,12,18H2,1-4H3. The van der Waals surface area contributed by atoms with Gasteiger partial charge in [0.25, 0.3) is 0 Å². The Hall–Kier alpha value is -1.71. The minimum atomic E-state index is 0.214. The van der Waals surface area contributed by atoms with Crippen molar-refractivity contribution in [3.05, 3.63) is 23.8 Å². The van der Waals surface area contributed by atoms with Crippen LogP contribution in [0.5, 0.6) is 0 Å². The molecule has 0 aliphatic heterocycles. The highest BCUT2D eigenvalue weighted by atomic mass is 16.2. The number of nitrogens with two attached hydrogens (primary N) is 1. The second-order valence-corrected chi connectivity index (χ2v) is 5.13. The molecule has 1 rings (SSSR count). The van der Waals surface area contributed by atoms with Gasteiger partial charge in [0.2, 0.25) is 5.91 Å². The lowest BCUT2D eigenvalue weighted by molar-refractivity contribution is -0.130. The maximum atomic E-state index is 12.0. The molecular weight excluding hydrogens is 262 g/mol. The first kappa shape index (κ1) is 17.3. The Morgan fingerprint density at radius 3 is 2.14 bits per heavy atom. The maximum Gasteiger partial charge on any atom is 0.222 e. The number of hydrogen-bond donors (Lipinski definition) is 1. The van der Waals surface area contributed by atoms with Gasteiger partial charge in [-0.2, -0.15) is 0 Å². The fraction of sp³-hybridized carbons (Fsp3) is 0.588. The summed E-state index contributed by atoms with van der Waals surface area (Å²) >= 11 is 0. The smallest absolute Gasteiger partial charge is 0.222 e. The molecule has 0 spiro atoms. The molecule has 2 N–H and O–H groups in total. The Bertz CT molecular complexity index is 451. The van der Waals surface area contributed by atoms with E-state index in [9.17, 15) is 4.79 Å². The number of nitrogen functional groups attached to an aromatic ring is 1. The predicted molar refractivity (Wildman–Crippen MR) is 90.7 cm³/mol. The highest BCUT2D eigenvalue weighted by molar-refractivity contribution is 5.76. The third-order valence-corrected chi connectivity index (χ3v) is 3.94. The first-order chi connectivity index (χ1) is 10.1. The minimum Gasteiger partial charge on any atom is -0.397 e. The van der Waals surface area contributed by atoms with Crippen LogP contribution < -0.4 is 10.6 Å². The van der Waals surface area contributed by atoms with Gasteiger partial charge < -0.3 is 15.5 Å². The van der Waals surface area contributed by atoms with Crippen LogP contribution in [0.4, 0.5) is 11.4 Å². The SMILES string of the molecule is CCN(CC)C(=O)CCc1ccc(N(CC)CC)c(N)c1. The number of rotatable bonds is 8. The molecule has 4 heteroatoms. The van der Waals surface area contributed by atoms with Gasteiger partial charge in [-0.1, -0.05) is 6.07 Å². The van der Waals surface area contributed by atoms with E-state index >= 15 is 0 Å². The van der Waals surface area contributed by atoms with Crippen molar-refractivity contribution in [1.82, 2.24) is 4.90 Å². The Morgan fingerprint density at radius 2 is 1.67 bits per heavy atom. The van der Waals surface area contributed by atoms with Crippen LogP contribution >= 0.6 is 0 Å². The van der Waals surface area contributed by atoms with E-state index in [0.29, 0.717) is 6.42 Å². The zero-order valence-corrected chi connectivity index (χ0v) is 13.9. The van der Waals surface area contributed by atoms with Gasteiger partial charge in [0.05, 0.1) is 11.4 Å². The van der Waals surface area contributed by atoms with Crippen LogP contribution in [0.15, 0.2) is 18.2 Å². The average molecular weight is 291 g/mol. The molecule has 0 unspecified atom stereocenters. The van der Waals surface area contributed by atoms with E-state index in [1.54, 1.807) is 0 Å². The maximum absolute atomic E-state index is 12.0. The van der Waals surface area contributed by atoms with E-state index in [1.165, 1.54) is 0 Å². The van der Waals surface area contributed by atoms with Crippen molar-refractivity contribution in [3.8, 4) is 0 Å². The zero-order valence-electron chi connectivity index (χ0n) is 13.9. The molecule has 1 amide bonds. The molecule has 1 aromatic carbocycles. The van der Waals surface area contributed by atoms with Crippen LogP contribution in [0.25, 0.3) is 0 Å². The molecule has 0 saturated heterocycles. The lowest BCUT2D eigenvalue weighted by Crippen LogP contribution is -2.30. The van der Waals surface area contributed by atoms with Crippen molar-refractivity contribution in [1.29, 1.82) is 0 Å². The number of carbonyl (C=O) groups is 1. The quantitative estimate of drug-likeness (QED) is 0.749. The van der Waals surface area contributed by atoms with Gasteiger partial charge >= 0.3 is 0 Å². The zero-order chi connectivity index (χ0) is 15.8. The molecule has 4 nitrogen and oxygen atoms in total. The normalized spacial score (nSPS) is 10.5. The molecular formula is C17H29N3O. The van der Waals surface area contributed by atoms with Crippen molar-refractivity contribution < 1.29 is 4.79 Å². The van der Waals surface area contributed by atoms with Crippen LogP contribution in [0.3, 0.4) is 0 Å². The fourth-order valence-electron chi connectivity index (χ4n) is 2.60. The van der Waals surface area contributed by atoms with Gasteiger partial charge in [0, 0.05) is 32.6 Å². The van der Waals surface area contributed by atoms with Crippen LogP contribution in [0, 0.1) is 0 Å². The fourth-order valence-corrected chi connectivity index (χ4v) is 2.60. The van der Waals surface area contributed by atoms with E-state index < -0.39 is 0 Å². The van der Waals surface area contributed by atoms with Gasteiger partial charge in [-0.05, 0) is 51.8 Å². The van der Waals surface area contributed by atoms with Crippen LogP contribution in [0.2, 0.25) is 0 Å². The molecule has 0 heterocycles. The first-order valence-corrected chi connectivity index (χ1v) is 7.98. The van der Waals surface area contributed by atoms with Gasteiger partial charge in [0.15, 0.2) is 0 Å². The summed E-state index contributed by atoms with van der Waals surface area (Å²) in [5, 5.41) is 0. The van der Waals surface area contributed by atoms with Gasteiger partial charge in [-0.25, -0.2) is 0 Å². The molecule has 0 fully saturated rings. The molecule has 1 aromatic rings. The van der Waals surface area contributed by atoms with Crippen molar-refractivity contribution in [3.63, 3.8) is 0 Å². The number of carbonyl (C=O) groups excluding carboxylic acids is 1. The third-order valence-electron chi connectivity index (χ3n) is 3.94. The number of hydrogen-bond acceptors (Lipinski definition) is 3. The molecule has 0 bridgehead atoms. The summed E-state index contributed by atoms with van der Waals surface area (Å²) in [6, 6.07) is 6.16. The number of amides is 1. The van der Waals surface area contributed by atoms with Crippen LogP contribution in [-0.4, -0.2) is 37.0 Å². The number of nitrogens with zero attached hydrogens (tertiary/aromatic N) is 2. The second kappa shape index (κ2) is 8.55. The lowest BCUT2D eigenvalue weighted by Gasteiger charge is -2.23. The van der Waals surface area contributed by atoms with E-state index in [1.807, 2.05) is 24.8 Å². The van der Waals surface area contributed by atoms with E-state index in [-0.39, 0.29) is 5.91 Å². The van der Waals surface area contributed by atoms with Gasteiger partial charge in [0.1, 0.15) is 0 Å². The second-order valence-electron chi connectivity index (χ2n) is 5.13. The summed E-state index contributed by atoms with van der Waals surface area (Å²) in [5.74, 6) is 0.214. The summed E-state index contributed by atoms with van der Waals surface area (Å²) in [6.07, 6.45) is 1.30. The molecule has 0 atom stereocenters. The largest absolute Gasteiger partial charge is 0.397 e. The minimum absolute atomic E-state index is 0.214. The summed E-state index contributed by atoms with van der Waals surface area (Å²) < 4.78 is 0. The van der Waals surface area contributed by atoms with Crippen LogP contribution in [-0.2, 0) is 11.2 Å². The Labute approximate surface area is 128 Å². The van der Waals surface area contributed by atoms with Gasteiger partial charge in [-0.15, -0.1) is 0 Å². The summed E-state index contributed by atoms with van der Waals surface area (Å²) in [7, 11) is 0. The Morgan fingerprint density at radius 1 is 1.05 bits per heavy atom. The van der Waals surface area contributed by atoms with Gasteiger partial charge in [-0.3, -0.25) is 4.79 Å². The highest BCUT2D eigenvalue weighted by Gasteiger charge is 2.11. The predicted octanol–water partition coefficient (Wildman–Crippen LogP) is 2.92. The highest BCUT2D eigenvalue weighted by Crippen LogP contribution is 2.24. The third kappa shape index (κ3) is 4.66. The Balaban J connectivity index is 2.70. The summed E-state index contributed by atoms with van der Waals surface area (Å²) in [4.78, 5) is 16.1. The monoisotopic (exact) mass is 291 g/mol. The lowest BCUT2D eigenvalue weighted by atomic mass is 10.1. The summed E-state index contributed by atoms with van der Waals surface area (Å²) in [6.45, 7) is 11.7. The van der Waals surface area contributed by atoms with E-state index in [0.717, 1.165) is 49.5 Å².